The molecule has 7 nitrogen and oxygen atoms in total. The third-order valence-electron chi connectivity index (χ3n) is 4.93. The van der Waals surface area contributed by atoms with Crippen molar-refractivity contribution in [3.05, 3.63) is 35.8 Å². The van der Waals surface area contributed by atoms with Gasteiger partial charge in [0.1, 0.15) is 11.6 Å². The number of aryl methyl sites for hydroxylation is 2. The molecule has 0 spiro atoms. The van der Waals surface area contributed by atoms with Crippen molar-refractivity contribution >= 4 is 5.82 Å². The molecule has 4 heterocycles. The molecule has 4 rings (SSSR count). The zero-order valence-corrected chi connectivity index (χ0v) is 14.4. The zero-order chi connectivity index (χ0) is 16.5. The van der Waals surface area contributed by atoms with Crippen LogP contribution in [0.5, 0.6) is 0 Å². The predicted octanol–water partition coefficient (Wildman–Crippen LogP) is 1.30. The summed E-state index contributed by atoms with van der Waals surface area (Å²) in [5.41, 5.74) is 2.37. The van der Waals surface area contributed by atoms with E-state index in [1.807, 2.05) is 26.5 Å². The molecule has 0 saturated carbocycles. The first-order valence-corrected chi connectivity index (χ1v) is 8.58. The minimum absolute atomic E-state index is 0.376. The molecule has 2 fully saturated rings. The molecule has 7 heteroatoms. The highest BCUT2D eigenvalue weighted by Gasteiger charge is 2.32. The van der Waals surface area contributed by atoms with E-state index in [0.717, 1.165) is 63.1 Å². The summed E-state index contributed by atoms with van der Waals surface area (Å²) in [5.74, 6) is 1.88. The lowest BCUT2D eigenvalue weighted by Gasteiger charge is -2.41. The average Bonchev–Trinajstić information content (AvgIpc) is 2.97. The van der Waals surface area contributed by atoms with E-state index >= 15 is 0 Å². The molecule has 128 valence electrons. The third kappa shape index (κ3) is 3.01. The first-order valence-electron chi connectivity index (χ1n) is 8.58. The molecule has 0 amide bonds. The maximum Gasteiger partial charge on any atom is 0.132 e. The fraction of sp³-hybridized carbons (Fsp3) is 0.588. The highest BCUT2D eigenvalue weighted by atomic mass is 16.5. The molecule has 0 unspecified atom stereocenters. The van der Waals surface area contributed by atoms with Crippen LogP contribution in [0.4, 0.5) is 5.82 Å². The van der Waals surface area contributed by atoms with Gasteiger partial charge >= 0.3 is 0 Å². The van der Waals surface area contributed by atoms with Gasteiger partial charge in [0.05, 0.1) is 37.0 Å². The largest absolute Gasteiger partial charge is 0.378 e. The number of aromatic nitrogens is 4. The van der Waals surface area contributed by atoms with Gasteiger partial charge in [0, 0.05) is 45.5 Å². The first kappa shape index (κ1) is 15.5. The Kier molecular flexibility index (Phi) is 4.20. The average molecular weight is 328 g/mol. The monoisotopic (exact) mass is 328 g/mol. The van der Waals surface area contributed by atoms with Gasteiger partial charge in [0.25, 0.3) is 0 Å². The van der Waals surface area contributed by atoms with E-state index < -0.39 is 0 Å². The highest BCUT2D eigenvalue weighted by molar-refractivity contribution is 5.41. The molecule has 2 saturated heterocycles. The Morgan fingerprint density at radius 3 is 2.71 bits per heavy atom. The van der Waals surface area contributed by atoms with Crippen molar-refractivity contribution in [2.45, 2.75) is 25.9 Å². The Balaban J connectivity index is 1.53. The van der Waals surface area contributed by atoms with E-state index in [0.29, 0.717) is 6.04 Å². The number of hydrogen-bond acceptors (Lipinski definition) is 6. The summed E-state index contributed by atoms with van der Waals surface area (Å²) >= 11 is 0. The van der Waals surface area contributed by atoms with Gasteiger partial charge in [-0.25, -0.2) is 15.0 Å². The summed E-state index contributed by atoms with van der Waals surface area (Å²) in [6, 6.07) is 2.54. The van der Waals surface area contributed by atoms with Gasteiger partial charge < -0.3 is 14.2 Å². The van der Waals surface area contributed by atoms with Gasteiger partial charge in [0.2, 0.25) is 0 Å². The van der Waals surface area contributed by atoms with Crippen molar-refractivity contribution in [2.75, 3.05) is 37.7 Å². The van der Waals surface area contributed by atoms with Crippen LogP contribution >= 0.6 is 0 Å². The summed E-state index contributed by atoms with van der Waals surface area (Å²) in [4.78, 5) is 18.3. The van der Waals surface area contributed by atoms with E-state index in [-0.39, 0.29) is 0 Å². The van der Waals surface area contributed by atoms with Crippen LogP contribution in [0.15, 0.2) is 18.6 Å². The van der Waals surface area contributed by atoms with Crippen molar-refractivity contribution in [1.29, 1.82) is 0 Å². The standard InChI is InChI=1S/C17H24N6O/c1-13-19-15(9-17(20-13)22-5-7-24-8-6-22)16-3-4-23(16)11-14-10-18-12-21(14)2/h9-10,12,16H,3-8,11H2,1-2H3/t16-/m0/s1. The zero-order valence-electron chi connectivity index (χ0n) is 14.4. The molecule has 0 aliphatic carbocycles. The number of hydrogen-bond donors (Lipinski definition) is 0. The van der Waals surface area contributed by atoms with Crippen LogP contribution in [-0.4, -0.2) is 57.3 Å². The van der Waals surface area contributed by atoms with E-state index in [1.54, 1.807) is 0 Å². The summed E-state index contributed by atoms with van der Waals surface area (Å²) in [6.45, 7) is 7.35. The second kappa shape index (κ2) is 6.49. The fourth-order valence-electron chi connectivity index (χ4n) is 3.41. The van der Waals surface area contributed by atoms with Crippen LogP contribution < -0.4 is 4.90 Å². The van der Waals surface area contributed by atoms with Crippen LogP contribution in [0.1, 0.15) is 29.7 Å². The molecule has 0 bridgehead atoms. The molecule has 0 radical (unpaired) electrons. The predicted molar refractivity (Wildman–Crippen MR) is 90.8 cm³/mol. The molecule has 2 aliphatic heterocycles. The lowest BCUT2D eigenvalue weighted by Crippen LogP contribution is -2.41. The Hall–Kier alpha value is -1.99. The minimum Gasteiger partial charge on any atom is -0.378 e. The van der Waals surface area contributed by atoms with Crippen molar-refractivity contribution in [2.24, 2.45) is 7.05 Å². The highest BCUT2D eigenvalue weighted by Crippen LogP contribution is 2.34. The number of likely N-dealkylation sites (tertiary alicyclic amines) is 1. The Bertz CT molecular complexity index is 709. The molecule has 0 N–H and O–H groups in total. The van der Waals surface area contributed by atoms with Crippen LogP contribution in [-0.2, 0) is 18.3 Å². The van der Waals surface area contributed by atoms with Gasteiger partial charge in [-0.15, -0.1) is 0 Å². The topological polar surface area (TPSA) is 59.3 Å². The van der Waals surface area contributed by atoms with Crippen LogP contribution in [0.3, 0.4) is 0 Å². The van der Waals surface area contributed by atoms with Crippen molar-refractivity contribution < 1.29 is 4.74 Å². The molecule has 2 aromatic heterocycles. The van der Waals surface area contributed by atoms with Crippen LogP contribution in [0.25, 0.3) is 0 Å². The molecular formula is C17H24N6O. The van der Waals surface area contributed by atoms with Gasteiger partial charge in [-0.2, -0.15) is 0 Å². The number of anilines is 1. The van der Waals surface area contributed by atoms with Gasteiger partial charge in [-0.1, -0.05) is 0 Å². The molecule has 24 heavy (non-hydrogen) atoms. The summed E-state index contributed by atoms with van der Waals surface area (Å²) in [6.07, 6.45) is 4.95. The Morgan fingerprint density at radius 2 is 2.04 bits per heavy atom. The van der Waals surface area contributed by atoms with Gasteiger partial charge in [0.15, 0.2) is 0 Å². The normalized spacial score (nSPS) is 21.8. The Labute approximate surface area is 142 Å². The number of rotatable bonds is 4. The summed E-state index contributed by atoms with van der Waals surface area (Å²) in [7, 11) is 2.04. The first-order chi connectivity index (χ1) is 11.7. The molecule has 0 aromatic carbocycles. The smallest absolute Gasteiger partial charge is 0.132 e. The molecular weight excluding hydrogens is 304 g/mol. The second-order valence-corrected chi connectivity index (χ2v) is 6.57. The minimum atomic E-state index is 0.376. The Morgan fingerprint density at radius 1 is 1.21 bits per heavy atom. The van der Waals surface area contributed by atoms with E-state index in [1.165, 1.54) is 5.69 Å². The lowest BCUT2D eigenvalue weighted by atomic mass is 9.98. The maximum atomic E-state index is 5.45. The SMILES string of the molecule is Cc1nc([C@@H]2CCN2Cc2cncn2C)cc(N2CCOCC2)n1. The number of imidazole rings is 1. The molecule has 2 aromatic rings. The quantitative estimate of drug-likeness (QED) is 0.843. The second-order valence-electron chi connectivity index (χ2n) is 6.57. The van der Waals surface area contributed by atoms with E-state index in [4.69, 9.17) is 9.72 Å². The lowest BCUT2D eigenvalue weighted by molar-refractivity contribution is 0.0760. The third-order valence-corrected chi connectivity index (χ3v) is 4.93. The molecule has 1 atom stereocenters. The molecule has 2 aliphatic rings. The van der Waals surface area contributed by atoms with Crippen LogP contribution in [0.2, 0.25) is 0 Å². The number of ether oxygens (including phenoxy) is 1. The van der Waals surface area contributed by atoms with Gasteiger partial charge in [-0.3, -0.25) is 4.90 Å². The van der Waals surface area contributed by atoms with Crippen LogP contribution in [0, 0.1) is 6.92 Å². The van der Waals surface area contributed by atoms with Crippen molar-refractivity contribution in [3.63, 3.8) is 0 Å². The maximum absolute atomic E-state index is 5.45. The summed E-state index contributed by atoms with van der Waals surface area (Å²) < 4.78 is 7.53. The fourth-order valence-corrected chi connectivity index (χ4v) is 3.41. The van der Waals surface area contributed by atoms with E-state index in [2.05, 4.69) is 30.4 Å². The van der Waals surface area contributed by atoms with Crippen molar-refractivity contribution in [1.82, 2.24) is 24.4 Å². The van der Waals surface area contributed by atoms with E-state index in [9.17, 15) is 0 Å². The number of morpholine rings is 1. The summed E-state index contributed by atoms with van der Waals surface area (Å²) in [5, 5.41) is 0. The van der Waals surface area contributed by atoms with Crippen molar-refractivity contribution in [3.8, 4) is 0 Å². The number of nitrogens with zero attached hydrogens (tertiary/aromatic N) is 6. The van der Waals surface area contributed by atoms with Gasteiger partial charge in [-0.05, 0) is 13.3 Å².